The zero-order chi connectivity index (χ0) is 24.6. The van der Waals surface area contributed by atoms with Crippen LogP contribution in [0.5, 0.6) is 11.8 Å². The van der Waals surface area contributed by atoms with Crippen molar-refractivity contribution in [2.24, 2.45) is 0 Å². The van der Waals surface area contributed by atoms with Crippen molar-refractivity contribution in [3.05, 3.63) is 29.8 Å². The van der Waals surface area contributed by atoms with E-state index in [1.807, 2.05) is 0 Å². The topological polar surface area (TPSA) is 109 Å². The molecule has 5 rings (SSSR count). The Morgan fingerprint density at radius 2 is 1.97 bits per heavy atom. The second-order valence-electron chi connectivity index (χ2n) is 8.26. The molecule has 188 valence electrons. The average Bonchev–Trinajstić information content (AvgIpc) is 3.19. The number of aromatic nitrogens is 6. The van der Waals surface area contributed by atoms with Gasteiger partial charge in [-0.15, -0.1) is 10.2 Å². The molecule has 2 fully saturated rings. The highest BCUT2D eigenvalue weighted by Crippen LogP contribution is 2.37. The summed E-state index contributed by atoms with van der Waals surface area (Å²) < 4.78 is 81.2. The Morgan fingerprint density at radius 1 is 1.14 bits per heavy atom. The third-order valence-corrected chi connectivity index (χ3v) is 5.81. The van der Waals surface area contributed by atoms with Crippen LogP contribution >= 0.6 is 0 Å². The SMILES string of the molecule is FC(F)Oc1ccn2c([C@H]3CCC[C@@H](Nc4ncc(C(F)(F)F)c(OC5COC5)n4)C3)nnc2n1. The van der Waals surface area contributed by atoms with Gasteiger partial charge in [0.25, 0.3) is 5.78 Å². The van der Waals surface area contributed by atoms with Gasteiger partial charge >= 0.3 is 12.8 Å². The molecule has 3 aromatic heterocycles. The number of halogens is 5. The van der Waals surface area contributed by atoms with Crippen LogP contribution in [0.15, 0.2) is 18.5 Å². The van der Waals surface area contributed by atoms with Gasteiger partial charge in [0.1, 0.15) is 17.5 Å². The largest absolute Gasteiger partial charge is 0.469 e. The van der Waals surface area contributed by atoms with Crippen LogP contribution in [-0.4, -0.2) is 61.5 Å². The molecule has 1 saturated carbocycles. The van der Waals surface area contributed by atoms with Crippen molar-refractivity contribution < 1.29 is 36.2 Å². The lowest BCUT2D eigenvalue weighted by Gasteiger charge is -2.29. The minimum atomic E-state index is -4.66. The molecule has 1 saturated heterocycles. The number of ether oxygens (including phenoxy) is 3. The molecular formula is C20H20F5N7O3. The molecule has 10 nitrogen and oxygen atoms in total. The molecule has 0 aromatic carbocycles. The van der Waals surface area contributed by atoms with E-state index in [2.05, 4.69) is 35.2 Å². The number of hydrogen-bond donors (Lipinski definition) is 1. The molecule has 35 heavy (non-hydrogen) atoms. The molecule has 1 aliphatic heterocycles. The van der Waals surface area contributed by atoms with E-state index in [0.717, 1.165) is 19.3 Å². The number of rotatable bonds is 7. The highest BCUT2D eigenvalue weighted by Gasteiger charge is 2.38. The fourth-order valence-corrected chi connectivity index (χ4v) is 4.12. The van der Waals surface area contributed by atoms with Crippen molar-refractivity contribution in [1.29, 1.82) is 0 Å². The maximum absolute atomic E-state index is 13.4. The van der Waals surface area contributed by atoms with Gasteiger partial charge in [0.05, 0.1) is 13.2 Å². The van der Waals surface area contributed by atoms with Gasteiger partial charge in [-0.25, -0.2) is 4.98 Å². The molecule has 0 unspecified atom stereocenters. The normalized spacial score (nSPS) is 21.2. The summed E-state index contributed by atoms with van der Waals surface area (Å²) in [7, 11) is 0. The third-order valence-electron chi connectivity index (χ3n) is 5.81. The fourth-order valence-electron chi connectivity index (χ4n) is 4.12. The Labute approximate surface area is 194 Å². The minimum absolute atomic E-state index is 0.0282. The van der Waals surface area contributed by atoms with Crippen molar-refractivity contribution in [2.45, 2.75) is 56.5 Å². The Bertz CT molecular complexity index is 1190. The average molecular weight is 501 g/mol. The highest BCUT2D eigenvalue weighted by molar-refractivity contribution is 5.37. The summed E-state index contributed by atoms with van der Waals surface area (Å²) in [5.41, 5.74) is -1.05. The maximum Gasteiger partial charge on any atom is 0.423 e. The monoisotopic (exact) mass is 501 g/mol. The lowest BCUT2D eigenvalue weighted by atomic mass is 9.85. The smallest absolute Gasteiger partial charge is 0.423 e. The molecule has 15 heteroatoms. The van der Waals surface area contributed by atoms with Crippen molar-refractivity contribution in [3.63, 3.8) is 0 Å². The van der Waals surface area contributed by atoms with E-state index in [0.29, 0.717) is 18.4 Å². The first-order valence-electron chi connectivity index (χ1n) is 10.9. The molecule has 3 aromatic rings. The van der Waals surface area contributed by atoms with E-state index in [4.69, 9.17) is 9.47 Å². The van der Waals surface area contributed by atoms with Crippen LogP contribution in [-0.2, 0) is 10.9 Å². The Kier molecular flexibility index (Phi) is 6.25. The van der Waals surface area contributed by atoms with E-state index < -0.39 is 30.3 Å². The second kappa shape index (κ2) is 9.36. The van der Waals surface area contributed by atoms with E-state index in [1.54, 1.807) is 4.40 Å². The fraction of sp³-hybridized carbons (Fsp3) is 0.550. The van der Waals surface area contributed by atoms with Gasteiger partial charge in [-0.2, -0.15) is 31.9 Å². The lowest BCUT2D eigenvalue weighted by molar-refractivity contribution is -0.142. The number of alkyl halides is 5. The third kappa shape index (κ3) is 5.18. The highest BCUT2D eigenvalue weighted by atomic mass is 19.4. The minimum Gasteiger partial charge on any atom is -0.469 e. The second-order valence-corrected chi connectivity index (χ2v) is 8.26. The summed E-state index contributed by atoms with van der Waals surface area (Å²) in [6, 6.07) is 1.15. The summed E-state index contributed by atoms with van der Waals surface area (Å²) in [6.45, 7) is -2.60. The van der Waals surface area contributed by atoms with E-state index in [1.165, 1.54) is 12.3 Å². The number of fused-ring (bicyclic) bond motifs is 1. The van der Waals surface area contributed by atoms with Crippen LogP contribution in [0.25, 0.3) is 5.78 Å². The van der Waals surface area contributed by atoms with E-state index in [9.17, 15) is 22.0 Å². The van der Waals surface area contributed by atoms with Gasteiger partial charge in [0, 0.05) is 30.4 Å². The molecule has 0 spiro atoms. The number of anilines is 1. The molecule has 0 bridgehead atoms. The zero-order valence-electron chi connectivity index (χ0n) is 18.1. The van der Waals surface area contributed by atoms with Crippen molar-refractivity contribution >= 4 is 11.7 Å². The Morgan fingerprint density at radius 3 is 2.69 bits per heavy atom. The molecule has 0 amide bonds. The number of nitrogens with one attached hydrogen (secondary N) is 1. The van der Waals surface area contributed by atoms with Crippen molar-refractivity contribution in [1.82, 2.24) is 29.5 Å². The first kappa shape index (κ1) is 23.4. The summed E-state index contributed by atoms with van der Waals surface area (Å²) in [6.07, 6.45) is -0.00193. The quantitative estimate of drug-likeness (QED) is 0.487. The Balaban J connectivity index is 1.31. The van der Waals surface area contributed by atoms with Crippen molar-refractivity contribution in [3.8, 4) is 11.8 Å². The van der Waals surface area contributed by atoms with E-state index in [-0.39, 0.29) is 42.8 Å². The standard InChI is InChI=1S/C20H20F5N7O3/c21-17(22)35-14-4-5-32-15(30-31-19(32)28-14)10-2-1-3-11(6-10)27-18-26-7-13(20(23,24)25)16(29-18)34-12-8-33-9-12/h4-5,7,10-12,17H,1-3,6,8-9H2,(H,26,27,29)/t10-,11+/m0/s1. The van der Waals surface area contributed by atoms with Gasteiger partial charge in [0.2, 0.25) is 17.7 Å². The molecule has 0 radical (unpaired) electrons. The molecule has 2 atom stereocenters. The predicted octanol–water partition coefficient (Wildman–Crippen LogP) is 3.45. The maximum atomic E-state index is 13.4. The first-order valence-corrected chi connectivity index (χ1v) is 10.9. The van der Waals surface area contributed by atoms with Crippen LogP contribution in [0.2, 0.25) is 0 Å². The summed E-state index contributed by atoms with van der Waals surface area (Å²) in [5, 5.41) is 11.2. The van der Waals surface area contributed by atoms with Crippen molar-refractivity contribution in [2.75, 3.05) is 18.5 Å². The molecule has 1 N–H and O–H groups in total. The van der Waals surface area contributed by atoms with Gasteiger partial charge in [-0.1, -0.05) is 6.42 Å². The van der Waals surface area contributed by atoms with Crippen LogP contribution in [0.3, 0.4) is 0 Å². The molecule has 1 aliphatic carbocycles. The Hall–Kier alpha value is -3.36. The zero-order valence-corrected chi connectivity index (χ0v) is 18.1. The van der Waals surface area contributed by atoms with Crippen LogP contribution in [0, 0.1) is 0 Å². The van der Waals surface area contributed by atoms with Crippen LogP contribution in [0.1, 0.15) is 43.0 Å². The van der Waals surface area contributed by atoms with Gasteiger partial charge in [-0.05, 0) is 19.3 Å². The first-order chi connectivity index (χ1) is 16.8. The molecular weight excluding hydrogens is 481 g/mol. The molecule has 2 aliphatic rings. The number of nitrogens with zero attached hydrogens (tertiary/aromatic N) is 6. The van der Waals surface area contributed by atoms with Crippen LogP contribution in [0.4, 0.5) is 27.9 Å². The lowest BCUT2D eigenvalue weighted by Crippen LogP contribution is -2.39. The van der Waals surface area contributed by atoms with Crippen LogP contribution < -0.4 is 14.8 Å². The summed E-state index contributed by atoms with van der Waals surface area (Å²) in [4.78, 5) is 11.8. The number of hydrogen-bond acceptors (Lipinski definition) is 9. The molecule has 4 heterocycles. The predicted molar refractivity (Wildman–Crippen MR) is 108 cm³/mol. The summed E-state index contributed by atoms with van der Waals surface area (Å²) >= 11 is 0. The van der Waals surface area contributed by atoms with Gasteiger partial charge in [0.15, 0.2) is 0 Å². The van der Waals surface area contributed by atoms with Gasteiger partial charge in [-0.3, -0.25) is 4.40 Å². The van der Waals surface area contributed by atoms with Gasteiger partial charge < -0.3 is 19.5 Å². The van der Waals surface area contributed by atoms with E-state index >= 15 is 0 Å². The summed E-state index contributed by atoms with van der Waals surface area (Å²) in [5.74, 6) is -0.101.